The smallest absolute Gasteiger partial charge is 0.316 e. The first-order valence-corrected chi connectivity index (χ1v) is 13.8. The highest BCUT2D eigenvalue weighted by Crippen LogP contribution is 2.54. The van der Waals surface area contributed by atoms with Gasteiger partial charge < -0.3 is 35.4 Å². The number of thioether (sulfide) groups is 2. The number of thiazole rings is 1. The van der Waals surface area contributed by atoms with E-state index in [9.17, 15) is 19.5 Å². The molecule has 0 bridgehead atoms. The predicted octanol–water partition coefficient (Wildman–Crippen LogP) is 0.777. The van der Waals surface area contributed by atoms with Crippen LogP contribution in [-0.4, -0.2) is 92.9 Å². The molecule has 0 aliphatic carbocycles. The number of nitrogen functional groups attached to an aromatic ring is 1. The van der Waals surface area contributed by atoms with Gasteiger partial charge in [0.25, 0.3) is 5.91 Å². The number of rotatable bonds is 7. The van der Waals surface area contributed by atoms with E-state index in [1.54, 1.807) is 19.2 Å². The Balaban J connectivity index is 1.55. The molecule has 2 amide bonds. The number of nitrogens with zero attached hydrogens (tertiary/aromatic N) is 3. The Morgan fingerprint density at radius 1 is 1.46 bits per heavy atom. The quantitative estimate of drug-likeness (QED) is 0.252. The maximum absolute atomic E-state index is 13.1. The van der Waals surface area contributed by atoms with Crippen LogP contribution in [0.25, 0.3) is 0 Å². The lowest BCUT2D eigenvalue weighted by Crippen LogP contribution is -2.76. The molecule has 0 spiro atoms. The third kappa shape index (κ3) is 4.59. The van der Waals surface area contributed by atoms with Crippen LogP contribution in [-0.2, 0) is 28.7 Å². The number of carboxylic acid groups (broad SMARTS) is 1. The summed E-state index contributed by atoms with van der Waals surface area (Å²) < 4.78 is 11.3. The van der Waals surface area contributed by atoms with Crippen LogP contribution < -0.4 is 11.1 Å². The highest BCUT2D eigenvalue weighted by molar-refractivity contribution is 8.17. The van der Waals surface area contributed by atoms with Gasteiger partial charge in [0.15, 0.2) is 16.6 Å². The van der Waals surface area contributed by atoms with Gasteiger partial charge in [-0.15, -0.1) is 34.9 Å². The molecule has 15 heteroatoms. The van der Waals surface area contributed by atoms with Crippen molar-refractivity contribution in [3.63, 3.8) is 0 Å². The molecule has 12 nitrogen and oxygen atoms in total. The third-order valence-corrected chi connectivity index (χ3v) is 10.1. The highest BCUT2D eigenvalue weighted by Gasteiger charge is 2.65. The lowest BCUT2D eigenvalue weighted by Gasteiger charge is -2.58. The molecule has 3 aliphatic rings. The van der Waals surface area contributed by atoms with Gasteiger partial charge in [0.2, 0.25) is 5.91 Å². The summed E-state index contributed by atoms with van der Waals surface area (Å²) >= 11 is 3.88. The van der Waals surface area contributed by atoms with Crippen molar-refractivity contribution in [2.24, 2.45) is 10.6 Å². The average molecular weight is 546 g/mol. The van der Waals surface area contributed by atoms with E-state index in [0.29, 0.717) is 13.0 Å². The van der Waals surface area contributed by atoms with E-state index in [1.807, 2.05) is 6.26 Å². The Hall–Kier alpha value is -2.07. The van der Waals surface area contributed by atoms with Gasteiger partial charge in [-0.3, -0.25) is 14.4 Å². The summed E-state index contributed by atoms with van der Waals surface area (Å²) in [7, 11) is 1.30. The minimum Gasteiger partial charge on any atom is -0.481 e. The number of ether oxygens (including phenoxy) is 2. The van der Waals surface area contributed by atoms with E-state index in [4.69, 9.17) is 20.0 Å². The van der Waals surface area contributed by atoms with Gasteiger partial charge in [0, 0.05) is 11.9 Å². The Morgan fingerprint density at radius 3 is 2.77 bits per heavy atom. The Labute approximate surface area is 214 Å². The zero-order valence-corrected chi connectivity index (χ0v) is 22.0. The molecule has 0 radical (unpaired) electrons. The van der Waals surface area contributed by atoms with E-state index in [2.05, 4.69) is 15.5 Å². The molecule has 1 aromatic rings. The third-order valence-electron chi connectivity index (χ3n) is 6.15. The van der Waals surface area contributed by atoms with Crippen LogP contribution in [0, 0.1) is 5.41 Å². The SMILES string of the molecule is CON=C(C(=O)NC1C(=O)N2CC(C(=O)O)(C3CCOC(C)(C)O3)C(SC)S[C@H]12)c1csc(N)n1. The Kier molecular flexibility index (Phi) is 7.26. The zero-order valence-electron chi connectivity index (χ0n) is 19.5. The van der Waals surface area contributed by atoms with Crippen molar-refractivity contribution in [2.75, 3.05) is 32.3 Å². The Bertz CT molecular complexity index is 1050. The second kappa shape index (κ2) is 9.76. The summed E-state index contributed by atoms with van der Waals surface area (Å²) in [5, 5.41) is 18.2. The van der Waals surface area contributed by atoms with Gasteiger partial charge in [-0.1, -0.05) is 5.16 Å². The maximum atomic E-state index is 13.1. The molecule has 192 valence electrons. The van der Waals surface area contributed by atoms with E-state index in [-0.39, 0.29) is 29.0 Å². The normalized spacial score (nSPS) is 32.4. The van der Waals surface area contributed by atoms with Crippen molar-refractivity contribution in [3.8, 4) is 0 Å². The van der Waals surface area contributed by atoms with Gasteiger partial charge in [0.1, 0.15) is 29.6 Å². The number of nitrogens with one attached hydrogen (secondary N) is 1. The maximum Gasteiger partial charge on any atom is 0.316 e. The molecule has 4 N–H and O–H groups in total. The van der Waals surface area contributed by atoms with Crippen molar-refractivity contribution in [1.29, 1.82) is 0 Å². The highest BCUT2D eigenvalue weighted by atomic mass is 32.2. The second-order valence-corrected chi connectivity index (χ2v) is 12.1. The Morgan fingerprint density at radius 2 is 2.20 bits per heavy atom. The minimum atomic E-state index is -1.34. The number of aliphatic carboxylic acids is 1. The summed E-state index contributed by atoms with van der Waals surface area (Å²) in [4.78, 5) is 49.1. The van der Waals surface area contributed by atoms with Crippen LogP contribution in [0.15, 0.2) is 10.5 Å². The fraction of sp³-hybridized carbons (Fsp3) is 0.650. The number of oxime groups is 1. The van der Waals surface area contributed by atoms with Gasteiger partial charge >= 0.3 is 5.97 Å². The second-order valence-electron chi connectivity index (χ2n) is 8.69. The number of amides is 2. The molecule has 3 saturated heterocycles. The number of carbonyl (C=O) groups is 3. The average Bonchev–Trinajstić information content (AvgIpc) is 3.24. The topological polar surface area (TPSA) is 166 Å². The first-order valence-electron chi connectivity index (χ1n) is 10.7. The minimum absolute atomic E-state index is 0.0287. The van der Waals surface area contributed by atoms with Crippen molar-refractivity contribution in [3.05, 3.63) is 11.1 Å². The molecule has 4 heterocycles. The van der Waals surface area contributed by atoms with Crippen molar-refractivity contribution < 1.29 is 33.8 Å². The number of β-lactam (4-membered cyclic amide) rings is 1. The van der Waals surface area contributed by atoms with Gasteiger partial charge in [-0.2, -0.15) is 0 Å². The first kappa shape index (κ1) is 26.0. The lowest BCUT2D eigenvalue weighted by atomic mass is 9.79. The van der Waals surface area contributed by atoms with Crippen molar-refractivity contribution >= 4 is 63.5 Å². The van der Waals surface area contributed by atoms with Gasteiger partial charge in [-0.25, -0.2) is 4.98 Å². The molecular weight excluding hydrogens is 518 g/mol. The van der Waals surface area contributed by atoms with Gasteiger partial charge in [0.05, 0.1) is 17.3 Å². The zero-order chi connectivity index (χ0) is 25.5. The van der Waals surface area contributed by atoms with Crippen molar-refractivity contribution in [1.82, 2.24) is 15.2 Å². The number of aromatic nitrogens is 1. The molecular formula is C20H27N5O7S3. The summed E-state index contributed by atoms with van der Waals surface area (Å²) in [5.41, 5.74) is 4.46. The van der Waals surface area contributed by atoms with Crippen LogP contribution in [0.2, 0.25) is 0 Å². The monoisotopic (exact) mass is 545 g/mol. The van der Waals surface area contributed by atoms with Crippen LogP contribution >= 0.6 is 34.9 Å². The standard InChI is InChI=1S/C20H27N5O7S3/c1-19(2)31-6-5-10(32-19)20(16(28)29)8-25-14(27)12(15(25)35-17(20)33-4)23-13(26)11(24-30-3)9-7-34-18(21)22-9/h7,10,12,15,17H,5-6,8H2,1-4H3,(H2,21,22)(H,23,26)(H,28,29)/t10?,12?,15-,17?,20?/m1/s1. The molecule has 3 fully saturated rings. The van der Waals surface area contributed by atoms with Crippen LogP contribution in [0.1, 0.15) is 26.0 Å². The number of anilines is 1. The fourth-order valence-electron chi connectivity index (χ4n) is 4.52. The van der Waals surface area contributed by atoms with E-state index >= 15 is 0 Å². The van der Waals surface area contributed by atoms with Crippen LogP contribution in [0.3, 0.4) is 0 Å². The van der Waals surface area contributed by atoms with Crippen molar-refractivity contribution in [2.45, 2.75) is 48.2 Å². The number of nitrogens with two attached hydrogens (primary N) is 1. The fourth-order valence-corrected chi connectivity index (χ4v) is 8.09. The summed E-state index contributed by atoms with van der Waals surface area (Å²) in [6.07, 6.45) is 1.58. The summed E-state index contributed by atoms with van der Waals surface area (Å²) in [6.45, 7) is 3.82. The molecule has 4 rings (SSSR count). The number of carboxylic acids is 1. The molecule has 4 unspecified atom stereocenters. The molecule has 35 heavy (non-hydrogen) atoms. The first-order chi connectivity index (χ1) is 16.5. The summed E-state index contributed by atoms with van der Waals surface area (Å²) in [5.74, 6) is -2.97. The lowest BCUT2D eigenvalue weighted by molar-refractivity contribution is -0.293. The molecule has 1 aromatic heterocycles. The van der Waals surface area contributed by atoms with E-state index in [0.717, 1.165) is 11.3 Å². The van der Waals surface area contributed by atoms with Crippen LogP contribution in [0.4, 0.5) is 5.13 Å². The molecule has 0 aromatic carbocycles. The molecule has 3 aliphatic heterocycles. The number of fused-ring (bicyclic) bond motifs is 1. The largest absolute Gasteiger partial charge is 0.481 e. The molecule has 0 saturated carbocycles. The van der Waals surface area contributed by atoms with E-state index < -0.39 is 45.2 Å². The predicted molar refractivity (Wildman–Crippen MR) is 132 cm³/mol. The number of hydrogen-bond donors (Lipinski definition) is 3. The molecule has 5 atom stereocenters. The van der Waals surface area contributed by atoms with E-state index in [1.165, 1.54) is 35.5 Å². The van der Waals surface area contributed by atoms with Gasteiger partial charge in [-0.05, 0) is 26.5 Å². The number of carbonyl (C=O) groups excluding carboxylic acids is 2. The summed E-state index contributed by atoms with van der Waals surface area (Å²) in [6, 6.07) is -0.848. The number of hydrogen-bond acceptors (Lipinski definition) is 12. The van der Waals surface area contributed by atoms with Crippen LogP contribution in [0.5, 0.6) is 0 Å².